The molecule has 2 aliphatic heterocycles. The summed E-state index contributed by atoms with van der Waals surface area (Å²) in [7, 11) is 0. The predicted molar refractivity (Wildman–Crippen MR) is 186 cm³/mol. The number of nitrogens with one attached hydrogen (secondary N) is 1. The van der Waals surface area contributed by atoms with Gasteiger partial charge in [0.05, 0.1) is 6.04 Å². The molecule has 9 rings (SSSR count). The number of aliphatic imine (C=N–C) groups is 2. The maximum absolute atomic E-state index is 5.11. The smallest absolute Gasteiger partial charge is 0.169 e. The standard InChI is InChI=1S/C41H30N4/c1-3-12-27(13-4-1)39-42-40(28-14-5-2-6-15-28)44-41(43-39)32-22-23-33-31(24-32)18-11-21-36(33)45-37-20-10-9-19-34(37)35-25-29-16-7-8-17-30(29)26-38(35)45/h1-26,35,38,41H,(H,42,43,44). The Hall–Kier alpha value is -5.74. The van der Waals surface area contributed by atoms with Crippen molar-refractivity contribution in [2.24, 2.45) is 9.98 Å². The van der Waals surface area contributed by atoms with E-state index in [-0.39, 0.29) is 12.2 Å². The van der Waals surface area contributed by atoms with E-state index in [1.165, 1.54) is 38.1 Å². The lowest BCUT2D eigenvalue weighted by Gasteiger charge is -2.30. The summed E-state index contributed by atoms with van der Waals surface area (Å²) in [5, 5.41) is 8.50. The minimum absolute atomic E-state index is 0.211. The van der Waals surface area contributed by atoms with E-state index in [9.17, 15) is 0 Å². The molecule has 1 N–H and O–H groups in total. The van der Waals surface area contributed by atoms with Gasteiger partial charge in [-0.15, -0.1) is 0 Å². The summed E-state index contributed by atoms with van der Waals surface area (Å²) in [6.07, 6.45) is 4.53. The van der Waals surface area contributed by atoms with Crippen LogP contribution in [0, 0.1) is 0 Å². The lowest BCUT2D eigenvalue weighted by molar-refractivity contribution is 0.757. The van der Waals surface area contributed by atoms with E-state index in [1.807, 2.05) is 36.4 Å². The number of hydrogen-bond donors (Lipinski definition) is 1. The van der Waals surface area contributed by atoms with Crippen molar-refractivity contribution < 1.29 is 0 Å². The molecule has 4 heteroatoms. The molecular formula is C41H30N4. The van der Waals surface area contributed by atoms with Gasteiger partial charge in [-0.2, -0.15) is 0 Å². The summed E-state index contributed by atoms with van der Waals surface area (Å²) in [4.78, 5) is 12.8. The van der Waals surface area contributed by atoms with Crippen molar-refractivity contribution >= 4 is 46.0 Å². The van der Waals surface area contributed by atoms with Crippen LogP contribution >= 0.6 is 0 Å². The largest absolute Gasteiger partial charge is 0.333 e. The third-order valence-corrected chi connectivity index (χ3v) is 9.20. The Labute approximate surface area is 262 Å². The number of amidine groups is 2. The molecule has 3 aliphatic rings. The Balaban J connectivity index is 1.16. The number of nitrogens with zero attached hydrogens (tertiary/aromatic N) is 3. The van der Waals surface area contributed by atoms with Crippen LogP contribution in [-0.4, -0.2) is 17.7 Å². The minimum Gasteiger partial charge on any atom is -0.333 e. The molecule has 2 unspecified atom stereocenters. The summed E-state index contributed by atoms with van der Waals surface area (Å²) in [5.41, 5.74) is 7.01. The molecule has 1 aliphatic carbocycles. The highest BCUT2D eigenvalue weighted by Crippen LogP contribution is 2.48. The van der Waals surface area contributed by atoms with Crippen molar-refractivity contribution in [3.05, 3.63) is 178 Å². The second kappa shape index (κ2) is 10.5. The van der Waals surface area contributed by atoms with Crippen molar-refractivity contribution in [2.45, 2.75) is 18.1 Å². The third-order valence-electron chi connectivity index (χ3n) is 9.20. The zero-order valence-corrected chi connectivity index (χ0v) is 24.6. The number of anilines is 2. The van der Waals surface area contributed by atoms with Gasteiger partial charge in [0.1, 0.15) is 11.7 Å². The molecule has 0 spiro atoms. The Bertz CT molecular complexity index is 2220. The molecule has 0 amide bonds. The molecule has 0 bridgehead atoms. The minimum atomic E-state index is -0.362. The van der Waals surface area contributed by atoms with Crippen LogP contribution in [0.4, 0.5) is 11.4 Å². The fourth-order valence-corrected chi connectivity index (χ4v) is 7.08. The highest BCUT2D eigenvalue weighted by Gasteiger charge is 2.38. The van der Waals surface area contributed by atoms with Gasteiger partial charge in [-0.3, -0.25) is 0 Å². The zero-order valence-electron chi connectivity index (χ0n) is 24.6. The van der Waals surface area contributed by atoms with Crippen LogP contribution in [0.1, 0.15) is 34.3 Å². The molecule has 0 fully saturated rings. The highest BCUT2D eigenvalue weighted by atomic mass is 15.2. The molecule has 0 saturated heterocycles. The first-order valence-corrected chi connectivity index (χ1v) is 15.5. The summed E-state index contributed by atoms with van der Waals surface area (Å²) in [6, 6.07) is 51.7. The van der Waals surface area contributed by atoms with Gasteiger partial charge in [-0.25, -0.2) is 9.98 Å². The van der Waals surface area contributed by atoms with Crippen LogP contribution < -0.4 is 20.7 Å². The number of fused-ring (bicyclic) bond motifs is 5. The van der Waals surface area contributed by atoms with E-state index in [0.717, 1.165) is 28.4 Å². The normalized spacial score (nSPS) is 18.4. The molecule has 6 aromatic carbocycles. The van der Waals surface area contributed by atoms with Gasteiger partial charge in [0.15, 0.2) is 6.17 Å². The number of para-hydroxylation sites is 1. The van der Waals surface area contributed by atoms with Crippen LogP contribution in [-0.2, 0) is 0 Å². The van der Waals surface area contributed by atoms with Gasteiger partial charge >= 0.3 is 0 Å². The van der Waals surface area contributed by atoms with Crippen LogP contribution in [0.2, 0.25) is 0 Å². The first-order chi connectivity index (χ1) is 22.3. The van der Waals surface area contributed by atoms with Crippen molar-refractivity contribution in [3.8, 4) is 0 Å². The van der Waals surface area contributed by atoms with Gasteiger partial charge in [-0.05, 0) is 45.1 Å². The molecule has 2 heterocycles. The molecule has 6 aromatic rings. The average molecular weight is 579 g/mol. The molecular weight excluding hydrogens is 548 g/mol. The van der Waals surface area contributed by atoms with E-state index in [2.05, 4.69) is 132 Å². The van der Waals surface area contributed by atoms with E-state index in [1.54, 1.807) is 0 Å². The molecule has 0 radical (unpaired) electrons. The second-order valence-electron chi connectivity index (χ2n) is 11.9. The predicted octanol–water partition coefficient (Wildman–Crippen LogP) is 7.21. The first kappa shape index (κ1) is 25.7. The van der Waals surface area contributed by atoms with Crippen molar-refractivity contribution in [2.75, 3.05) is 4.90 Å². The summed E-state index contributed by atoms with van der Waals surface area (Å²) >= 11 is 0. The Morgan fingerprint density at radius 1 is 0.533 bits per heavy atom. The number of hydrogen-bond acceptors (Lipinski definition) is 4. The molecule has 0 saturated carbocycles. The van der Waals surface area contributed by atoms with Crippen LogP contribution in [0.5, 0.6) is 0 Å². The third kappa shape index (κ3) is 4.37. The quantitative estimate of drug-likeness (QED) is 0.240. The van der Waals surface area contributed by atoms with Crippen molar-refractivity contribution in [3.63, 3.8) is 0 Å². The lowest BCUT2D eigenvalue weighted by Crippen LogP contribution is -2.38. The zero-order chi connectivity index (χ0) is 29.7. The summed E-state index contributed by atoms with van der Waals surface area (Å²) in [5.74, 6) is 1.96. The average Bonchev–Trinajstić information content (AvgIpc) is 3.43. The van der Waals surface area contributed by atoms with E-state index in [4.69, 9.17) is 9.98 Å². The van der Waals surface area contributed by atoms with E-state index in [0.29, 0.717) is 5.92 Å². The lowest BCUT2D eigenvalue weighted by atomic mass is 9.89. The van der Waals surface area contributed by atoms with Crippen molar-refractivity contribution in [1.82, 2.24) is 5.32 Å². The van der Waals surface area contributed by atoms with E-state index >= 15 is 0 Å². The Kier molecular flexibility index (Phi) is 5.98. The number of benzene rings is 6. The van der Waals surface area contributed by atoms with Crippen LogP contribution in [0.25, 0.3) is 22.9 Å². The van der Waals surface area contributed by atoms with Crippen LogP contribution in [0.15, 0.2) is 156 Å². The molecule has 4 nitrogen and oxygen atoms in total. The SMILES string of the molecule is C1=c2ccccc2=CC2C1c1ccccc1N2c1cccc2cc(C3N=C(c4ccccc4)NC(c4ccccc4)=N3)ccc12. The van der Waals surface area contributed by atoms with Gasteiger partial charge < -0.3 is 10.2 Å². The molecule has 2 atom stereocenters. The summed E-state index contributed by atoms with van der Waals surface area (Å²) in [6.45, 7) is 0. The molecule has 214 valence electrons. The first-order valence-electron chi connectivity index (χ1n) is 15.5. The van der Waals surface area contributed by atoms with Gasteiger partial charge in [0.2, 0.25) is 0 Å². The monoisotopic (exact) mass is 578 g/mol. The fourth-order valence-electron chi connectivity index (χ4n) is 7.08. The van der Waals surface area contributed by atoms with Crippen LogP contribution in [0.3, 0.4) is 0 Å². The fraction of sp³-hybridized carbons (Fsp3) is 0.0732. The molecule has 45 heavy (non-hydrogen) atoms. The topological polar surface area (TPSA) is 40.0 Å². The van der Waals surface area contributed by atoms with Gasteiger partial charge in [-0.1, -0.05) is 140 Å². The van der Waals surface area contributed by atoms with Gasteiger partial charge in [0.25, 0.3) is 0 Å². The Morgan fingerprint density at radius 3 is 1.89 bits per heavy atom. The Morgan fingerprint density at radius 2 is 1.16 bits per heavy atom. The van der Waals surface area contributed by atoms with E-state index < -0.39 is 0 Å². The molecule has 0 aromatic heterocycles. The maximum Gasteiger partial charge on any atom is 0.169 e. The highest BCUT2D eigenvalue weighted by molar-refractivity contribution is 6.16. The maximum atomic E-state index is 5.11. The second-order valence-corrected chi connectivity index (χ2v) is 11.9. The van der Waals surface area contributed by atoms with Crippen molar-refractivity contribution in [1.29, 1.82) is 0 Å². The van der Waals surface area contributed by atoms with Gasteiger partial charge in [0, 0.05) is 33.8 Å². The number of rotatable bonds is 4. The summed E-state index contributed by atoms with van der Waals surface area (Å²) < 4.78 is 0.